The number of hydrazone groups is 1. The number of thiophene rings is 1. The largest absolute Gasteiger partial charge is 0.482 e. The Balaban J connectivity index is 2.03. The first kappa shape index (κ1) is 16.7. The molecule has 0 spiro atoms. The molecule has 0 bridgehead atoms. The summed E-state index contributed by atoms with van der Waals surface area (Å²) in [5.41, 5.74) is 4.10. The number of carboxylic acid groups (broad SMARTS) is 1. The summed E-state index contributed by atoms with van der Waals surface area (Å²) in [6.07, 6.45) is 0.639. The van der Waals surface area contributed by atoms with Crippen LogP contribution in [0.15, 0.2) is 46.9 Å². The Morgan fingerprint density at radius 2 is 2.00 bits per heavy atom. The maximum absolute atomic E-state index is 11.9. The Morgan fingerprint density at radius 1 is 1.26 bits per heavy atom. The Morgan fingerprint density at radius 3 is 2.57 bits per heavy atom. The molecule has 2 N–H and O–H groups in total. The molecule has 0 aliphatic carbocycles. The first-order valence-electron chi connectivity index (χ1n) is 6.95. The maximum atomic E-state index is 11.9. The molecule has 120 valence electrons. The molecule has 0 atom stereocenters. The second kappa shape index (κ2) is 8.09. The van der Waals surface area contributed by atoms with E-state index in [1.807, 2.05) is 12.3 Å². The van der Waals surface area contributed by atoms with E-state index in [0.29, 0.717) is 17.0 Å². The summed E-state index contributed by atoms with van der Waals surface area (Å²) < 4.78 is 5.08. The van der Waals surface area contributed by atoms with Crippen molar-refractivity contribution >= 4 is 28.9 Å². The fourth-order valence-electron chi connectivity index (χ4n) is 1.82. The van der Waals surface area contributed by atoms with Gasteiger partial charge >= 0.3 is 5.97 Å². The van der Waals surface area contributed by atoms with Gasteiger partial charge in [-0.3, -0.25) is 4.79 Å². The van der Waals surface area contributed by atoms with Gasteiger partial charge in [-0.25, -0.2) is 10.2 Å². The van der Waals surface area contributed by atoms with Crippen molar-refractivity contribution < 1.29 is 19.4 Å². The number of amides is 1. The van der Waals surface area contributed by atoms with Crippen molar-refractivity contribution in [1.29, 1.82) is 0 Å². The van der Waals surface area contributed by atoms with Crippen LogP contribution in [0.4, 0.5) is 0 Å². The van der Waals surface area contributed by atoms with E-state index in [2.05, 4.69) is 10.5 Å². The molecule has 0 radical (unpaired) electrons. The van der Waals surface area contributed by atoms with E-state index < -0.39 is 5.97 Å². The Bertz CT molecular complexity index is 693. The molecular formula is C16H16N2O4S. The predicted molar refractivity (Wildman–Crippen MR) is 88.2 cm³/mol. The van der Waals surface area contributed by atoms with Gasteiger partial charge in [0, 0.05) is 0 Å². The SMILES string of the molecule is CC/C(=N/NC(=O)c1cccs1)c1ccc(OCC(=O)O)cc1. The van der Waals surface area contributed by atoms with Crippen molar-refractivity contribution in [2.75, 3.05) is 6.61 Å². The van der Waals surface area contributed by atoms with Crippen molar-refractivity contribution in [2.45, 2.75) is 13.3 Å². The monoisotopic (exact) mass is 332 g/mol. The minimum absolute atomic E-state index is 0.243. The number of nitrogens with zero attached hydrogens (tertiary/aromatic N) is 1. The van der Waals surface area contributed by atoms with Gasteiger partial charge in [-0.15, -0.1) is 11.3 Å². The van der Waals surface area contributed by atoms with Crippen LogP contribution in [0, 0.1) is 0 Å². The highest BCUT2D eigenvalue weighted by Crippen LogP contribution is 2.14. The standard InChI is InChI=1S/C16H16N2O4S/c1-2-13(17-18-16(21)14-4-3-9-23-14)11-5-7-12(8-6-11)22-10-15(19)20/h3-9H,2,10H2,1H3,(H,18,21)(H,19,20)/b17-13-. The maximum Gasteiger partial charge on any atom is 0.341 e. The highest BCUT2D eigenvalue weighted by atomic mass is 32.1. The molecule has 2 aromatic rings. The first-order chi connectivity index (χ1) is 11.1. The third kappa shape index (κ3) is 4.93. The van der Waals surface area contributed by atoms with Gasteiger partial charge in [-0.1, -0.05) is 13.0 Å². The topological polar surface area (TPSA) is 88.0 Å². The van der Waals surface area contributed by atoms with Crippen molar-refractivity contribution in [1.82, 2.24) is 5.43 Å². The molecule has 1 aromatic carbocycles. The summed E-state index contributed by atoms with van der Waals surface area (Å²) in [5, 5.41) is 14.6. The summed E-state index contributed by atoms with van der Waals surface area (Å²) in [6.45, 7) is 1.55. The third-order valence-electron chi connectivity index (χ3n) is 2.92. The lowest BCUT2D eigenvalue weighted by molar-refractivity contribution is -0.139. The Hall–Kier alpha value is -2.67. The van der Waals surface area contributed by atoms with Gasteiger partial charge in [0.15, 0.2) is 6.61 Å². The van der Waals surface area contributed by atoms with Gasteiger partial charge in [0.2, 0.25) is 0 Å². The number of hydrogen-bond donors (Lipinski definition) is 2. The number of aliphatic carboxylic acids is 1. The van der Waals surface area contributed by atoms with Crippen LogP contribution in [0.2, 0.25) is 0 Å². The molecular weight excluding hydrogens is 316 g/mol. The van der Waals surface area contributed by atoms with Gasteiger partial charge in [-0.05, 0) is 47.7 Å². The van der Waals surface area contributed by atoms with E-state index in [1.165, 1.54) is 11.3 Å². The summed E-state index contributed by atoms with van der Waals surface area (Å²) >= 11 is 1.35. The highest BCUT2D eigenvalue weighted by molar-refractivity contribution is 7.12. The summed E-state index contributed by atoms with van der Waals surface area (Å²) in [6, 6.07) is 10.4. The zero-order valence-electron chi connectivity index (χ0n) is 12.5. The molecule has 0 fully saturated rings. The van der Waals surface area contributed by atoms with Crippen molar-refractivity contribution in [3.63, 3.8) is 0 Å². The molecule has 0 aliphatic heterocycles. The molecule has 0 unspecified atom stereocenters. The van der Waals surface area contributed by atoms with Crippen LogP contribution in [0.25, 0.3) is 0 Å². The van der Waals surface area contributed by atoms with Gasteiger partial charge < -0.3 is 9.84 Å². The number of hydrogen-bond acceptors (Lipinski definition) is 5. The average molecular weight is 332 g/mol. The lowest BCUT2D eigenvalue weighted by Gasteiger charge is -2.07. The normalized spacial score (nSPS) is 11.1. The van der Waals surface area contributed by atoms with Crippen LogP contribution in [-0.2, 0) is 4.79 Å². The highest BCUT2D eigenvalue weighted by Gasteiger charge is 2.07. The molecule has 0 saturated carbocycles. The van der Waals surface area contributed by atoms with Crippen LogP contribution in [0.3, 0.4) is 0 Å². The number of carbonyl (C=O) groups is 2. The van der Waals surface area contributed by atoms with Gasteiger partial charge in [0.05, 0.1) is 10.6 Å². The molecule has 1 heterocycles. The number of nitrogens with one attached hydrogen (secondary N) is 1. The van der Waals surface area contributed by atoms with E-state index in [1.54, 1.807) is 36.4 Å². The third-order valence-corrected chi connectivity index (χ3v) is 3.79. The fourth-order valence-corrected chi connectivity index (χ4v) is 2.43. The molecule has 2 rings (SSSR count). The van der Waals surface area contributed by atoms with Crippen LogP contribution in [0.1, 0.15) is 28.6 Å². The van der Waals surface area contributed by atoms with Gasteiger partial charge in [-0.2, -0.15) is 5.10 Å². The zero-order chi connectivity index (χ0) is 16.7. The Labute approximate surface area is 137 Å². The summed E-state index contributed by atoms with van der Waals surface area (Å²) in [7, 11) is 0. The van der Waals surface area contributed by atoms with E-state index in [0.717, 1.165) is 11.3 Å². The van der Waals surface area contributed by atoms with Crippen LogP contribution >= 0.6 is 11.3 Å². The molecule has 1 aromatic heterocycles. The van der Waals surface area contributed by atoms with Crippen LogP contribution < -0.4 is 10.2 Å². The van der Waals surface area contributed by atoms with Crippen molar-refractivity contribution in [3.05, 3.63) is 52.2 Å². The zero-order valence-corrected chi connectivity index (χ0v) is 13.3. The second-order valence-electron chi connectivity index (χ2n) is 4.54. The molecule has 0 saturated heterocycles. The lowest BCUT2D eigenvalue weighted by Crippen LogP contribution is -2.18. The average Bonchev–Trinajstić information content (AvgIpc) is 3.09. The summed E-state index contributed by atoms with van der Waals surface area (Å²) in [5.74, 6) is -0.803. The first-order valence-corrected chi connectivity index (χ1v) is 7.83. The van der Waals surface area contributed by atoms with E-state index in [-0.39, 0.29) is 12.5 Å². The van der Waals surface area contributed by atoms with E-state index in [4.69, 9.17) is 9.84 Å². The number of carbonyl (C=O) groups excluding carboxylic acids is 1. The minimum atomic E-state index is -1.03. The van der Waals surface area contributed by atoms with Crippen molar-refractivity contribution in [2.24, 2.45) is 5.10 Å². The Kier molecular flexibility index (Phi) is 5.87. The van der Waals surface area contributed by atoms with E-state index >= 15 is 0 Å². The smallest absolute Gasteiger partial charge is 0.341 e. The van der Waals surface area contributed by atoms with E-state index in [9.17, 15) is 9.59 Å². The van der Waals surface area contributed by atoms with Gasteiger partial charge in [0.1, 0.15) is 5.75 Å². The molecule has 0 aliphatic rings. The number of ether oxygens (including phenoxy) is 1. The summed E-state index contributed by atoms with van der Waals surface area (Å²) in [4.78, 5) is 22.9. The number of benzene rings is 1. The van der Waals surface area contributed by atoms with Gasteiger partial charge in [0.25, 0.3) is 5.91 Å². The molecule has 6 nitrogen and oxygen atoms in total. The molecule has 7 heteroatoms. The van der Waals surface area contributed by atoms with Crippen LogP contribution in [0.5, 0.6) is 5.75 Å². The number of carboxylic acids is 1. The molecule has 23 heavy (non-hydrogen) atoms. The number of rotatable bonds is 7. The van der Waals surface area contributed by atoms with Crippen molar-refractivity contribution in [3.8, 4) is 5.75 Å². The predicted octanol–water partition coefficient (Wildman–Crippen LogP) is 2.76. The molecule has 1 amide bonds. The second-order valence-corrected chi connectivity index (χ2v) is 5.48. The quantitative estimate of drug-likeness (QED) is 0.603. The fraction of sp³-hybridized carbons (Fsp3) is 0.188. The van der Waals surface area contributed by atoms with Crippen LogP contribution in [-0.4, -0.2) is 29.3 Å². The minimum Gasteiger partial charge on any atom is -0.482 e. The lowest BCUT2D eigenvalue weighted by atomic mass is 10.1.